The van der Waals surface area contributed by atoms with Crippen molar-refractivity contribution in [2.45, 2.75) is 6.54 Å². The van der Waals surface area contributed by atoms with Gasteiger partial charge < -0.3 is 10.3 Å². The van der Waals surface area contributed by atoms with Crippen LogP contribution in [0.5, 0.6) is 0 Å². The summed E-state index contributed by atoms with van der Waals surface area (Å²) in [6.45, 7) is 0.536. The molecule has 4 nitrogen and oxygen atoms in total. The molecule has 0 amide bonds. The molecule has 0 bridgehead atoms. The predicted octanol–water partition coefficient (Wildman–Crippen LogP) is 0.935. The first-order valence-electron chi connectivity index (χ1n) is 4.12. The minimum atomic E-state index is -0.152. The van der Waals surface area contributed by atoms with Gasteiger partial charge >= 0.3 is 0 Å². The molecule has 2 aromatic heterocycles. The van der Waals surface area contributed by atoms with Gasteiger partial charge in [0.05, 0.1) is 12.2 Å². The average molecular weight is 207 g/mol. The number of anilines is 1. The van der Waals surface area contributed by atoms with E-state index in [4.69, 9.17) is 5.73 Å². The van der Waals surface area contributed by atoms with E-state index in [0.29, 0.717) is 6.54 Å². The standard InChI is InChI=1S/C9H9N3OS/c10-8-2-1-5-12(9(8)13)6-7-3-4-11-14-7/h1-5H,6,10H2. The highest BCUT2D eigenvalue weighted by Gasteiger charge is 2.00. The molecule has 2 aromatic rings. The van der Waals surface area contributed by atoms with Crippen molar-refractivity contribution in [2.24, 2.45) is 0 Å². The maximum absolute atomic E-state index is 11.5. The predicted molar refractivity (Wildman–Crippen MR) is 56.3 cm³/mol. The second-order valence-electron chi connectivity index (χ2n) is 2.88. The number of nitrogens with two attached hydrogens (primary N) is 1. The maximum atomic E-state index is 11.5. The van der Waals surface area contributed by atoms with Crippen molar-refractivity contribution < 1.29 is 0 Å². The third-order valence-corrected chi connectivity index (χ3v) is 2.59. The Morgan fingerprint density at radius 2 is 2.36 bits per heavy atom. The quantitative estimate of drug-likeness (QED) is 0.797. The number of aromatic nitrogens is 2. The molecule has 5 heteroatoms. The zero-order valence-electron chi connectivity index (χ0n) is 7.38. The van der Waals surface area contributed by atoms with Gasteiger partial charge in [-0.05, 0) is 29.7 Å². The van der Waals surface area contributed by atoms with Crippen LogP contribution >= 0.6 is 11.5 Å². The lowest BCUT2D eigenvalue weighted by Crippen LogP contribution is -2.21. The molecule has 0 fully saturated rings. The van der Waals surface area contributed by atoms with Gasteiger partial charge in [-0.1, -0.05) is 0 Å². The third-order valence-electron chi connectivity index (χ3n) is 1.87. The van der Waals surface area contributed by atoms with E-state index in [1.807, 2.05) is 6.07 Å². The summed E-state index contributed by atoms with van der Waals surface area (Å²) in [5.41, 5.74) is 5.63. The Bertz CT molecular complexity index is 475. The molecule has 72 valence electrons. The molecule has 0 saturated heterocycles. The van der Waals surface area contributed by atoms with Gasteiger partial charge in [0, 0.05) is 17.3 Å². The number of nitrogens with zero attached hydrogens (tertiary/aromatic N) is 2. The van der Waals surface area contributed by atoms with Crippen LogP contribution in [0.4, 0.5) is 5.69 Å². The minimum absolute atomic E-state index is 0.152. The van der Waals surface area contributed by atoms with E-state index in [0.717, 1.165) is 4.88 Å². The van der Waals surface area contributed by atoms with E-state index in [2.05, 4.69) is 4.37 Å². The molecule has 2 N–H and O–H groups in total. The number of hydrogen-bond acceptors (Lipinski definition) is 4. The van der Waals surface area contributed by atoms with Gasteiger partial charge in [-0.25, -0.2) is 4.37 Å². The van der Waals surface area contributed by atoms with Gasteiger partial charge in [0.15, 0.2) is 0 Å². The first-order chi connectivity index (χ1) is 6.77. The molecule has 0 saturated carbocycles. The van der Waals surface area contributed by atoms with Crippen LogP contribution in [-0.4, -0.2) is 8.94 Å². The molecule has 0 radical (unpaired) electrons. The molecule has 0 atom stereocenters. The number of rotatable bonds is 2. The second kappa shape index (κ2) is 3.63. The van der Waals surface area contributed by atoms with Crippen LogP contribution < -0.4 is 11.3 Å². The van der Waals surface area contributed by atoms with Crippen molar-refractivity contribution >= 4 is 17.2 Å². The highest BCUT2D eigenvalue weighted by Crippen LogP contribution is 2.06. The summed E-state index contributed by atoms with van der Waals surface area (Å²) in [6, 6.07) is 5.25. The highest BCUT2D eigenvalue weighted by molar-refractivity contribution is 7.05. The van der Waals surface area contributed by atoms with Crippen molar-refractivity contribution in [3.63, 3.8) is 0 Å². The summed E-state index contributed by atoms with van der Waals surface area (Å²) in [4.78, 5) is 12.6. The maximum Gasteiger partial charge on any atom is 0.273 e. The zero-order valence-corrected chi connectivity index (χ0v) is 8.20. The van der Waals surface area contributed by atoms with Crippen molar-refractivity contribution in [1.29, 1.82) is 0 Å². The Morgan fingerprint density at radius 3 is 3.07 bits per heavy atom. The minimum Gasteiger partial charge on any atom is -0.394 e. The lowest BCUT2D eigenvalue weighted by atomic mass is 10.4. The number of pyridine rings is 1. The van der Waals surface area contributed by atoms with E-state index >= 15 is 0 Å². The summed E-state index contributed by atoms with van der Waals surface area (Å²) in [5, 5.41) is 0. The topological polar surface area (TPSA) is 60.9 Å². The first-order valence-corrected chi connectivity index (χ1v) is 4.89. The van der Waals surface area contributed by atoms with E-state index < -0.39 is 0 Å². The fourth-order valence-electron chi connectivity index (χ4n) is 1.17. The molecule has 2 rings (SSSR count). The first kappa shape index (κ1) is 8.96. The summed E-state index contributed by atoms with van der Waals surface area (Å²) < 4.78 is 5.54. The lowest BCUT2D eigenvalue weighted by Gasteiger charge is -2.03. The number of hydrogen-bond donors (Lipinski definition) is 1. The van der Waals surface area contributed by atoms with Gasteiger partial charge in [-0.15, -0.1) is 0 Å². The Labute approximate surface area is 84.8 Å². The van der Waals surface area contributed by atoms with Crippen LogP contribution in [0.25, 0.3) is 0 Å². The van der Waals surface area contributed by atoms with Gasteiger partial charge in [-0.2, -0.15) is 0 Å². The molecular weight excluding hydrogens is 198 g/mol. The molecule has 0 spiro atoms. The van der Waals surface area contributed by atoms with Crippen LogP contribution in [0.3, 0.4) is 0 Å². The van der Waals surface area contributed by atoms with Gasteiger partial charge in [0.2, 0.25) is 0 Å². The summed E-state index contributed by atoms with van der Waals surface area (Å²) in [5.74, 6) is 0. The Morgan fingerprint density at radius 1 is 1.50 bits per heavy atom. The Hall–Kier alpha value is -1.62. The zero-order chi connectivity index (χ0) is 9.97. The molecular formula is C9H9N3OS. The molecule has 0 aliphatic carbocycles. The Balaban J connectivity index is 2.34. The number of nitrogen functional groups attached to an aromatic ring is 1. The summed E-state index contributed by atoms with van der Waals surface area (Å²) in [7, 11) is 0. The van der Waals surface area contributed by atoms with E-state index in [9.17, 15) is 4.79 Å². The van der Waals surface area contributed by atoms with Gasteiger partial charge in [0.1, 0.15) is 0 Å². The van der Waals surface area contributed by atoms with Crippen molar-refractivity contribution in [2.75, 3.05) is 5.73 Å². The molecule has 0 aromatic carbocycles. The van der Waals surface area contributed by atoms with Crippen molar-refractivity contribution in [3.05, 3.63) is 45.8 Å². The second-order valence-corrected chi connectivity index (χ2v) is 3.79. The third kappa shape index (κ3) is 1.67. The average Bonchev–Trinajstić information content (AvgIpc) is 2.66. The monoisotopic (exact) mass is 207 g/mol. The van der Waals surface area contributed by atoms with E-state index in [-0.39, 0.29) is 11.2 Å². The molecule has 14 heavy (non-hydrogen) atoms. The SMILES string of the molecule is Nc1cccn(Cc2ccns2)c1=O. The van der Waals surface area contributed by atoms with E-state index in [1.54, 1.807) is 29.1 Å². The van der Waals surface area contributed by atoms with Crippen LogP contribution in [0.1, 0.15) is 4.88 Å². The smallest absolute Gasteiger partial charge is 0.273 e. The molecule has 0 aliphatic heterocycles. The van der Waals surface area contributed by atoms with E-state index in [1.165, 1.54) is 11.5 Å². The summed E-state index contributed by atoms with van der Waals surface area (Å²) in [6.07, 6.45) is 3.44. The lowest BCUT2D eigenvalue weighted by molar-refractivity contribution is 0.773. The fourth-order valence-corrected chi connectivity index (χ4v) is 1.75. The summed E-state index contributed by atoms with van der Waals surface area (Å²) >= 11 is 1.38. The van der Waals surface area contributed by atoms with Crippen LogP contribution in [0.2, 0.25) is 0 Å². The highest BCUT2D eigenvalue weighted by atomic mass is 32.1. The van der Waals surface area contributed by atoms with Crippen molar-refractivity contribution in [1.82, 2.24) is 8.94 Å². The Kier molecular flexibility index (Phi) is 2.32. The molecule has 0 unspecified atom stereocenters. The van der Waals surface area contributed by atoms with Crippen LogP contribution in [-0.2, 0) is 6.54 Å². The normalized spacial score (nSPS) is 10.3. The molecule has 2 heterocycles. The van der Waals surface area contributed by atoms with Gasteiger partial charge in [-0.3, -0.25) is 4.79 Å². The van der Waals surface area contributed by atoms with Crippen LogP contribution in [0.15, 0.2) is 35.4 Å². The fraction of sp³-hybridized carbons (Fsp3) is 0.111. The molecule has 0 aliphatic rings. The van der Waals surface area contributed by atoms with Crippen molar-refractivity contribution in [3.8, 4) is 0 Å². The van der Waals surface area contributed by atoms with Crippen LogP contribution in [0, 0.1) is 0 Å². The van der Waals surface area contributed by atoms with Gasteiger partial charge in [0.25, 0.3) is 5.56 Å². The largest absolute Gasteiger partial charge is 0.394 e.